The number of rotatable bonds is 7. The standard InChI is InChI=1S/C21H19N3O4/c1-13-7-14(2)9-15(8-13)27-12-20(26)28-11-19(25)16(10-22)21-23-17-5-3-4-6-18(17)24-21/h3-9,16H,11-12H2,1-2H3,(H,23,24). The zero-order valence-corrected chi connectivity index (χ0v) is 15.6. The van der Waals surface area contributed by atoms with Crippen molar-refractivity contribution in [1.29, 1.82) is 5.26 Å². The molecule has 0 aliphatic heterocycles. The SMILES string of the molecule is Cc1cc(C)cc(OCC(=O)OCC(=O)C(C#N)c2nc3ccccc3[nH]2)c1. The molecule has 1 aromatic heterocycles. The van der Waals surface area contributed by atoms with E-state index in [1.807, 2.05) is 38.1 Å². The molecular formula is C21H19N3O4. The second kappa shape index (κ2) is 8.35. The van der Waals surface area contributed by atoms with Crippen LogP contribution in [0.5, 0.6) is 5.75 Å². The summed E-state index contributed by atoms with van der Waals surface area (Å²) < 4.78 is 10.4. The number of hydrogen-bond acceptors (Lipinski definition) is 6. The Balaban J connectivity index is 1.56. The molecule has 142 valence electrons. The van der Waals surface area contributed by atoms with Gasteiger partial charge < -0.3 is 14.5 Å². The molecule has 3 aromatic rings. The highest BCUT2D eigenvalue weighted by molar-refractivity contribution is 5.91. The first-order chi connectivity index (χ1) is 13.5. The minimum Gasteiger partial charge on any atom is -0.482 e. The van der Waals surface area contributed by atoms with Gasteiger partial charge in [-0.15, -0.1) is 0 Å². The summed E-state index contributed by atoms with van der Waals surface area (Å²) in [5, 5.41) is 9.35. The molecule has 0 aliphatic rings. The molecule has 0 aliphatic carbocycles. The summed E-state index contributed by atoms with van der Waals surface area (Å²) in [6, 6.07) is 14.7. The van der Waals surface area contributed by atoms with E-state index in [0.717, 1.165) is 16.6 Å². The van der Waals surface area contributed by atoms with Crippen LogP contribution in [-0.4, -0.2) is 34.9 Å². The number of aryl methyl sites for hydroxylation is 2. The lowest BCUT2D eigenvalue weighted by atomic mass is 10.1. The topological polar surface area (TPSA) is 105 Å². The Morgan fingerprint density at radius 2 is 1.86 bits per heavy atom. The summed E-state index contributed by atoms with van der Waals surface area (Å²) in [7, 11) is 0. The number of nitriles is 1. The highest BCUT2D eigenvalue weighted by Gasteiger charge is 2.25. The maximum atomic E-state index is 12.3. The van der Waals surface area contributed by atoms with E-state index in [4.69, 9.17) is 9.47 Å². The fraction of sp³-hybridized carbons (Fsp3) is 0.238. The van der Waals surface area contributed by atoms with Crippen molar-refractivity contribution in [1.82, 2.24) is 9.97 Å². The third kappa shape index (κ3) is 4.54. The maximum Gasteiger partial charge on any atom is 0.344 e. The molecule has 2 aromatic carbocycles. The number of benzene rings is 2. The van der Waals surface area contributed by atoms with Gasteiger partial charge in [0.05, 0.1) is 17.1 Å². The molecule has 0 saturated heterocycles. The lowest BCUT2D eigenvalue weighted by molar-refractivity contribution is -0.150. The minimum absolute atomic E-state index is 0.233. The predicted octanol–water partition coefficient (Wildman–Crippen LogP) is 2.98. The summed E-state index contributed by atoms with van der Waals surface area (Å²) >= 11 is 0. The number of carbonyl (C=O) groups is 2. The van der Waals surface area contributed by atoms with Crippen LogP contribution >= 0.6 is 0 Å². The van der Waals surface area contributed by atoms with Gasteiger partial charge in [-0.1, -0.05) is 18.2 Å². The molecular weight excluding hydrogens is 358 g/mol. The first-order valence-electron chi connectivity index (χ1n) is 8.70. The average molecular weight is 377 g/mol. The number of nitrogens with zero attached hydrogens (tertiary/aromatic N) is 2. The van der Waals surface area contributed by atoms with E-state index in [1.54, 1.807) is 24.3 Å². The number of H-pyrrole nitrogens is 1. The van der Waals surface area contributed by atoms with E-state index < -0.39 is 24.3 Å². The normalized spacial score (nSPS) is 11.6. The lowest BCUT2D eigenvalue weighted by Crippen LogP contribution is -2.23. The Morgan fingerprint density at radius 3 is 2.54 bits per heavy atom. The Bertz CT molecular complexity index is 1010. The fourth-order valence-electron chi connectivity index (χ4n) is 2.83. The van der Waals surface area contributed by atoms with Gasteiger partial charge in [0.2, 0.25) is 0 Å². The van der Waals surface area contributed by atoms with E-state index in [0.29, 0.717) is 11.3 Å². The Morgan fingerprint density at radius 1 is 1.14 bits per heavy atom. The van der Waals surface area contributed by atoms with Crippen molar-refractivity contribution in [3.63, 3.8) is 0 Å². The molecule has 3 rings (SSSR count). The van der Waals surface area contributed by atoms with Crippen molar-refractivity contribution in [2.24, 2.45) is 0 Å². The van der Waals surface area contributed by atoms with Crippen molar-refractivity contribution < 1.29 is 19.1 Å². The molecule has 0 spiro atoms. The van der Waals surface area contributed by atoms with Crippen LogP contribution in [0.3, 0.4) is 0 Å². The molecule has 0 fully saturated rings. The zero-order valence-electron chi connectivity index (χ0n) is 15.6. The van der Waals surface area contributed by atoms with Crippen molar-refractivity contribution in [3.05, 3.63) is 59.4 Å². The molecule has 0 radical (unpaired) electrons. The van der Waals surface area contributed by atoms with E-state index in [9.17, 15) is 14.9 Å². The number of carbonyl (C=O) groups excluding carboxylic acids is 2. The smallest absolute Gasteiger partial charge is 0.344 e. The predicted molar refractivity (Wildman–Crippen MR) is 102 cm³/mol. The number of para-hydroxylation sites is 2. The van der Waals surface area contributed by atoms with Gasteiger partial charge in [0.25, 0.3) is 0 Å². The van der Waals surface area contributed by atoms with Gasteiger partial charge in [-0.2, -0.15) is 5.26 Å². The van der Waals surface area contributed by atoms with Crippen LogP contribution in [0.4, 0.5) is 0 Å². The number of Topliss-reactive ketones (excluding diaryl/α,β-unsaturated/α-hetero) is 1. The Kier molecular flexibility index (Phi) is 5.70. The van der Waals surface area contributed by atoms with Gasteiger partial charge in [0.15, 0.2) is 24.9 Å². The summed E-state index contributed by atoms with van der Waals surface area (Å²) in [6.07, 6.45) is 0. The number of aromatic amines is 1. The quantitative estimate of drug-likeness (QED) is 0.635. The first-order valence-corrected chi connectivity index (χ1v) is 8.70. The van der Waals surface area contributed by atoms with Crippen molar-refractivity contribution >= 4 is 22.8 Å². The molecule has 1 N–H and O–H groups in total. The summed E-state index contributed by atoms with van der Waals surface area (Å²) in [5.74, 6) is -1.59. The van der Waals surface area contributed by atoms with Crippen molar-refractivity contribution in [2.45, 2.75) is 19.8 Å². The number of hydrogen-bond donors (Lipinski definition) is 1. The van der Waals surface area contributed by atoms with E-state index in [2.05, 4.69) is 9.97 Å². The molecule has 0 bridgehead atoms. The fourth-order valence-corrected chi connectivity index (χ4v) is 2.83. The number of imidazole rings is 1. The molecule has 0 amide bonds. The monoisotopic (exact) mass is 377 g/mol. The third-order valence-corrected chi connectivity index (χ3v) is 4.06. The van der Waals surface area contributed by atoms with Gasteiger partial charge in [-0.3, -0.25) is 4.79 Å². The molecule has 1 heterocycles. The molecule has 7 heteroatoms. The molecule has 28 heavy (non-hydrogen) atoms. The van der Waals surface area contributed by atoms with Gasteiger partial charge in [-0.05, 0) is 49.2 Å². The van der Waals surface area contributed by atoms with Gasteiger partial charge in [-0.25, -0.2) is 9.78 Å². The summed E-state index contributed by atoms with van der Waals surface area (Å²) in [4.78, 5) is 31.4. The average Bonchev–Trinajstić information content (AvgIpc) is 3.08. The number of ether oxygens (including phenoxy) is 2. The molecule has 0 saturated carbocycles. The number of ketones is 1. The second-order valence-corrected chi connectivity index (χ2v) is 6.44. The Hall–Kier alpha value is -3.66. The van der Waals surface area contributed by atoms with Crippen LogP contribution < -0.4 is 4.74 Å². The largest absolute Gasteiger partial charge is 0.482 e. The van der Waals surface area contributed by atoms with Crippen LogP contribution in [0.1, 0.15) is 22.9 Å². The maximum absolute atomic E-state index is 12.3. The number of fused-ring (bicyclic) bond motifs is 1. The summed E-state index contributed by atoms with van der Waals surface area (Å²) in [6.45, 7) is 3.01. The first kappa shape index (κ1) is 19.1. The molecule has 1 unspecified atom stereocenters. The van der Waals surface area contributed by atoms with Crippen molar-refractivity contribution in [3.8, 4) is 11.8 Å². The second-order valence-electron chi connectivity index (χ2n) is 6.44. The van der Waals surface area contributed by atoms with E-state index >= 15 is 0 Å². The number of aromatic nitrogens is 2. The molecule has 1 atom stereocenters. The van der Waals surface area contributed by atoms with Gasteiger partial charge >= 0.3 is 5.97 Å². The minimum atomic E-state index is -1.14. The van der Waals surface area contributed by atoms with Crippen molar-refractivity contribution in [2.75, 3.05) is 13.2 Å². The molecule has 7 nitrogen and oxygen atoms in total. The van der Waals surface area contributed by atoms with Crippen LogP contribution in [0.2, 0.25) is 0 Å². The highest BCUT2D eigenvalue weighted by Crippen LogP contribution is 2.19. The van der Waals surface area contributed by atoms with Crippen LogP contribution in [-0.2, 0) is 14.3 Å². The van der Waals surface area contributed by atoms with E-state index in [1.165, 1.54) is 0 Å². The number of nitrogens with one attached hydrogen (secondary N) is 1. The zero-order chi connectivity index (χ0) is 20.1. The highest BCUT2D eigenvalue weighted by atomic mass is 16.6. The third-order valence-electron chi connectivity index (χ3n) is 4.06. The lowest BCUT2D eigenvalue weighted by Gasteiger charge is -2.09. The van der Waals surface area contributed by atoms with Gasteiger partial charge in [0, 0.05) is 0 Å². The summed E-state index contributed by atoms with van der Waals surface area (Å²) in [5.41, 5.74) is 3.41. The van der Waals surface area contributed by atoms with E-state index in [-0.39, 0.29) is 12.4 Å². The Labute approximate surface area is 161 Å². The van der Waals surface area contributed by atoms with Crippen LogP contribution in [0.15, 0.2) is 42.5 Å². The van der Waals surface area contributed by atoms with Gasteiger partial charge in [0.1, 0.15) is 11.6 Å². The van der Waals surface area contributed by atoms with Crippen LogP contribution in [0, 0.1) is 25.2 Å². The number of esters is 1. The van der Waals surface area contributed by atoms with Crippen LogP contribution in [0.25, 0.3) is 11.0 Å².